The van der Waals surface area contributed by atoms with Crippen LogP contribution in [0.5, 0.6) is 0 Å². The van der Waals surface area contributed by atoms with E-state index >= 15 is 0 Å². The zero-order valence-electron chi connectivity index (χ0n) is 17.5. The fourth-order valence-corrected chi connectivity index (χ4v) is 4.27. The van der Waals surface area contributed by atoms with Gasteiger partial charge in [0.2, 0.25) is 0 Å². The fourth-order valence-electron chi connectivity index (χ4n) is 4.00. The number of anilines is 1. The van der Waals surface area contributed by atoms with Gasteiger partial charge in [0.1, 0.15) is 11.6 Å². The number of hydrogen-bond acceptors (Lipinski definition) is 5. The van der Waals surface area contributed by atoms with E-state index in [1.54, 1.807) is 41.0 Å². The second-order valence-electron chi connectivity index (χ2n) is 7.92. The predicted molar refractivity (Wildman–Crippen MR) is 123 cm³/mol. The first-order valence-electron chi connectivity index (χ1n) is 10.5. The molecule has 0 unspecified atom stereocenters. The van der Waals surface area contributed by atoms with Crippen LogP contribution in [0.2, 0.25) is 5.02 Å². The van der Waals surface area contributed by atoms with Crippen molar-refractivity contribution in [2.45, 2.75) is 39.2 Å². The summed E-state index contributed by atoms with van der Waals surface area (Å²) in [6.07, 6.45) is 3.86. The van der Waals surface area contributed by atoms with E-state index in [2.05, 4.69) is 20.5 Å². The van der Waals surface area contributed by atoms with Gasteiger partial charge in [-0.1, -0.05) is 18.0 Å². The van der Waals surface area contributed by atoms with E-state index in [1.165, 1.54) is 0 Å². The molecule has 162 valence electrons. The Morgan fingerprint density at radius 1 is 1.12 bits per heavy atom. The number of benzene rings is 2. The molecule has 0 fully saturated rings. The molecule has 2 N–H and O–H groups in total. The standard InChI is InChI=1S/C23H21ClN6O2/c1-13-25-21(29-28-13)16-9-7-15(12-18(16)24)26-22(31)14-6-8-17-19(11-14)27-20-5-3-2-4-10-30(20)23(17)32/h6-9,11-12H,2-5,10H2,1H3,(H,26,31)(H,25,28,29). The summed E-state index contributed by atoms with van der Waals surface area (Å²) in [6, 6.07) is 10.2. The van der Waals surface area contributed by atoms with Crippen molar-refractivity contribution in [3.8, 4) is 11.4 Å². The summed E-state index contributed by atoms with van der Waals surface area (Å²) in [5.41, 5.74) is 2.15. The number of nitrogens with one attached hydrogen (secondary N) is 2. The Labute approximate surface area is 188 Å². The number of halogens is 1. The van der Waals surface area contributed by atoms with Gasteiger partial charge >= 0.3 is 0 Å². The van der Waals surface area contributed by atoms with Crippen LogP contribution in [0.15, 0.2) is 41.2 Å². The highest BCUT2D eigenvalue weighted by Crippen LogP contribution is 2.28. The van der Waals surface area contributed by atoms with Crippen LogP contribution in [0, 0.1) is 6.92 Å². The zero-order valence-corrected chi connectivity index (χ0v) is 18.2. The van der Waals surface area contributed by atoms with E-state index in [4.69, 9.17) is 16.6 Å². The maximum atomic E-state index is 12.9. The van der Waals surface area contributed by atoms with Crippen LogP contribution in [0.3, 0.4) is 0 Å². The van der Waals surface area contributed by atoms with Crippen LogP contribution < -0.4 is 10.9 Å². The van der Waals surface area contributed by atoms with Gasteiger partial charge in [-0.3, -0.25) is 19.3 Å². The van der Waals surface area contributed by atoms with E-state index in [1.807, 2.05) is 6.92 Å². The van der Waals surface area contributed by atoms with Crippen molar-refractivity contribution >= 4 is 34.1 Å². The first-order chi connectivity index (χ1) is 15.5. The van der Waals surface area contributed by atoms with E-state index in [0.29, 0.717) is 50.9 Å². The van der Waals surface area contributed by atoms with Crippen LogP contribution in [-0.2, 0) is 13.0 Å². The Bertz CT molecular complexity index is 1410. The van der Waals surface area contributed by atoms with E-state index in [-0.39, 0.29) is 11.5 Å². The van der Waals surface area contributed by atoms with Crippen molar-refractivity contribution in [3.05, 3.63) is 69.0 Å². The molecule has 4 aromatic rings. The first-order valence-corrected chi connectivity index (χ1v) is 10.9. The number of carbonyl (C=O) groups excluding carboxylic acids is 1. The molecule has 5 rings (SSSR count). The Kier molecular flexibility index (Phi) is 5.22. The van der Waals surface area contributed by atoms with Crippen LogP contribution in [0.25, 0.3) is 22.3 Å². The smallest absolute Gasteiger partial charge is 0.261 e. The Morgan fingerprint density at radius 2 is 2.00 bits per heavy atom. The fraction of sp³-hybridized carbons (Fsp3) is 0.261. The molecule has 1 amide bonds. The molecular weight excluding hydrogens is 428 g/mol. The molecule has 0 saturated heterocycles. The van der Waals surface area contributed by atoms with Gasteiger partial charge in [-0.15, -0.1) is 0 Å². The van der Waals surface area contributed by atoms with Crippen molar-refractivity contribution in [2.75, 3.05) is 5.32 Å². The van der Waals surface area contributed by atoms with Gasteiger partial charge in [-0.25, -0.2) is 9.97 Å². The maximum absolute atomic E-state index is 12.9. The molecule has 8 nitrogen and oxygen atoms in total. The van der Waals surface area contributed by atoms with Gasteiger partial charge < -0.3 is 5.32 Å². The number of aryl methyl sites for hydroxylation is 2. The van der Waals surface area contributed by atoms with Crippen molar-refractivity contribution in [1.82, 2.24) is 24.7 Å². The SMILES string of the molecule is Cc1nc(-c2ccc(NC(=O)c3ccc4c(=O)n5c(nc4c3)CCCCC5)cc2Cl)n[nH]1. The number of rotatable bonds is 3. The summed E-state index contributed by atoms with van der Waals surface area (Å²) in [4.78, 5) is 34.7. The Balaban J connectivity index is 1.42. The summed E-state index contributed by atoms with van der Waals surface area (Å²) in [6.45, 7) is 2.51. The summed E-state index contributed by atoms with van der Waals surface area (Å²) in [5, 5.41) is 10.7. The molecule has 3 heterocycles. The van der Waals surface area contributed by atoms with Crippen molar-refractivity contribution < 1.29 is 4.79 Å². The maximum Gasteiger partial charge on any atom is 0.261 e. The Hall–Kier alpha value is -3.52. The number of nitrogens with zero attached hydrogens (tertiary/aromatic N) is 4. The minimum Gasteiger partial charge on any atom is -0.322 e. The van der Waals surface area contributed by atoms with Gasteiger partial charge in [0, 0.05) is 29.8 Å². The average molecular weight is 449 g/mol. The largest absolute Gasteiger partial charge is 0.322 e. The second kappa shape index (κ2) is 8.20. The van der Waals surface area contributed by atoms with Gasteiger partial charge in [0.05, 0.1) is 15.9 Å². The monoisotopic (exact) mass is 448 g/mol. The molecule has 0 aliphatic carbocycles. The van der Waals surface area contributed by atoms with E-state index in [0.717, 1.165) is 31.5 Å². The lowest BCUT2D eigenvalue weighted by molar-refractivity contribution is 0.102. The number of H-pyrrole nitrogens is 1. The molecule has 0 spiro atoms. The summed E-state index contributed by atoms with van der Waals surface area (Å²) >= 11 is 6.39. The molecule has 0 saturated carbocycles. The van der Waals surface area contributed by atoms with Crippen molar-refractivity contribution in [3.63, 3.8) is 0 Å². The van der Waals surface area contributed by atoms with Crippen LogP contribution in [-0.4, -0.2) is 30.6 Å². The van der Waals surface area contributed by atoms with Gasteiger partial charge in [-0.2, -0.15) is 5.10 Å². The molecule has 0 bridgehead atoms. The molecule has 1 aliphatic rings. The lowest BCUT2D eigenvalue weighted by Gasteiger charge is -2.11. The van der Waals surface area contributed by atoms with Gasteiger partial charge in [0.25, 0.3) is 11.5 Å². The normalized spacial score (nSPS) is 13.6. The average Bonchev–Trinajstić information content (AvgIpc) is 3.06. The second-order valence-corrected chi connectivity index (χ2v) is 8.33. The third-order valence-corrected chi connectivity index (χ3v) is 5.96. The quantitative estimate of drug-likeness (QED) is 0.490. The molecule has 2 aromatic heterocycles. The lowest BCUT2D eigenvalue weighted by atomic mass is 10.1. The molecule has 9 heteroatoms. The molecule has 2 aromatic carbocycles. The predicted octanol–water partition coefficient (Wildman–Crippen LogP) is 4.12. The lowest BCUT2D eigenvalue weighted by Crippen LogP contribution is -2.24. The minimum atomic E-state index is -0.304. The number of hydrogen-bond donors (Lipinski definition) is 2. The van der Waals surface area contributed by atoms with Crippen molar-refractivity contribution in [2.24, 2.45) is 0 Å². The molecule has 32 heavy (non-hydrogen) atoms. The first kappa shape index (κ1) is 20.4. The van der Waals surface area contributed by atoms with Crippen LogP contribution >= 0.6 is 11.6 Å². The van der Waals surface area contributed by atoms with E-state index in [9.17, 15) is 9.59 Å². The third kappa shape index (κ3) is 3.78. The van der Waals surface area contributed by atoms with E-state index < -0.39 is 0 Å². The Morgan fingerprint density at radius 3 is 2.78 bits per heavy atom. The molecule has 0 atom stereocenters. The third-order valence-electron chi connectivity index (χ3n) is 5.64. The van der Waals surface area contributed by atoms with Gasteiger partial charge in [0.15, 0.2) is 5.82 Å². The number of aromatic nitrogens is 5. The summed E-state index contributed by atoms with van der Waals surface area (Å²) < 4.78 is 1.77. The van der Waals surface area contributed by atoms with Crippen LogP contribution in [0.4, 0.5) is 5.69 Å². The highest BCUT2D eigenvalue weighted by atomic mass is 35.5. The molecule has 0 radical (unpaired) electrons. The minimum absolute atomic E-state index is 0.0385. The summed E-state index contributed by atoms with van der Waals surface area (Å²) in [5.74, 6) is 1.68. The topological polar surface area (TPSA) is 106 Å². The van der Waals surface area contributed by atoms with Crippen LogP contribution in [0.1, 0.15) is 41.3 Å². The highest BCUT2D eigenvalue weighted by Gasteiger charge is 2.16. The molecule has 1 aliphatic heterocycles. The number of aromatic amines is 1. The van der Waals surface area contributed by atoms with Crippen molar-refractivity contribution in [1.29, 1.82) is 0 Å². The number of carbonyl (C=O) groups is 1. The zero-order chi connectivity index (χ0) is 22.2. The number of fused-ring (bicyclic) bond motifs is 2. The number of amides is 1. The summed E-state index contributed by atoms with van der Waals surface area (Å²) in [7, 11) is 0. The van der Waals surface area contributed by atoms with Gasteiger partial charge in [-0.05, 0) is 56.2 Å². The molecular formula is C23H21ClN6O2. The highest BCUT2D eigenvalue weighted by molar-refractivity contribution is 6.33.